The van der Waals surface area contributed by atoms with Crippen molar-refractivity contribution in [1.82, 2.24) is 5.32 Å². The van der Waals surface area contributed by atoms with Crippen LogP contribution in [0.2, 0.25) is 5.02 Å². The van der Waals surface area contributed by atoms with Gasteiger partial charge in [-0.15, -0.1) is 0 Å². The molecule has 2 rings (SSSR count). The Morgan fingerprint density at radius 1 is 1.33 bits per heavy atom. The second-order valence-electron chi connectivity index (χ2n) is 5.47. The highest BCUT2D eigenvalue weighted by Gasteiger charge is 2.42. The fraction of sp³-hybridized carbons (Fsp3) is 0.600. The molecule has 0 atom stereocenters. The lowest BCUT2D eigenvalue weighted by Crippen LogP contribution is -2.48. The summed E-state index contributed by atoms with van der Waals surface area (Å²) in [5.41, 5.74) is 1.72. The number of halogens is 1. The van der Waals surface area contributed by atoms with E-state index in [1.54, 1.807) is 7.11 Å². The monoisotopic (exact) mass is 267 g/mol. The summed E-state index contributed by atoms with van der Waals surface area (Å²) in [7, 11) is 1.74. The highest BCUT2D eigenvalue weighted by molar-refractivity contribution is 6.30. The van der Waals surface area contributed by atoms with Gasteiger partial charge in [0.05, 0.1) is 6.61 Å². The second-order valence-corrected chi connectivity index (χ2v) is 5.91. The number of ether oxygens (including phenoxy) is 1. The third-order valence-corrected chi connectivity index (χ3v) is 4.13. The van der Waals surface area contributed by atoms with Gasteiger partial charge in [0.2, 0.25) is 0 Å². The van der Waals surface area contributed by atoms with E-state index in [-0.39, 0.29) is 0 Å². The molecule has 18 heavy (non-hydrogen) atoms. The maximum Gasteiger partial charge on any atom is 0.0587 e. The summed E-state index contributed by atoms with van der Waals surface area (Å²) in [4.78, 5) is 0. The molecule has 1 aliphatic carbocycles. The number of nitrogens with one attached hydrogen (secondary N) is 1. The van der Waals surface area contributed by atoms with Crippen LogP contribution in [0.3, 0.4) is 0 Å². The number of benzene rings is 1. The van der Waals surface area contributed by atoms with Gasteiger partial charge in [-0.05, 0) is 36.5 Å². The van der Waals surface area contributed by atoms with Crippen LogP contribution < -0.4 is 5.32 Å². The number of hydrogen-bond acceptors (Lipinski definition) is 2. The molecule has 0 aliphatic heterocycles. The minimum Gasteiger partial charge on any atom is -0.383 e. The molecule has 2 nitrogen and oxygen atoms in total. The van der Waals surface area contributed by atoms with Crippen LogP contribution in [0.15, 0.2) is 24.3 Å². The van der Waals surface area contributed by atoms with Crippen LogP contribution in [0.5, 0.6) is 0 Å². The fourth-order valence-electron chi connectivity index (χ4n) is 3.06. The van der Waals surface area contributed by atoms with E-state index >= 15 is 0 Å². The summed E-state index contributed by atoms with van der Waals surface area (Å²) in [6.07, 6.45) is 2.52. The van der Waals surface area contributed by atoms with Crippen molar-refractivity contribution in [2.24, 2.45) is 5.92 Å². The molecule has 1 N–H and O–H groups in total. The first-order valence-corrected chi connectivity index (χ1v) is 7.00. The van der Waals surface area contributed by atoms with Crippen LogP contribution in [0.4, 0.5) is 0 Å². The lowest BCUT2D eigenvalue weighted by Gasteiger charge is -2.47. The molecule has 0 bridgehead atoms. The minimum atomic E-state index is 0.303. The van der Waals surface area contributed by atoms with Gasteiger partial charge in [-0.1, -0.05) is 30.7 Å². The molecular formula is C15H22ClNO. The Morgan fingerprint density at radius 2 is 2.00 bits per heavy atom. The summed E-state index contributed by atoms with van der Waals surface area (Å²) in [5.74, 6) is 0.824. The molecule has 100 valence electrons. The maximum absolute atomic E-state index is 5.97. The molecule has 0 aromatic heterocycles. The Balaban J connectivity index is 2.00. The summed E-state index contributed by atoms with van der Waals surface area (Å²) >= 11 is 5.97. The van der Waals surface area contributed by atoms with E-state index in [4.69, 9.17) is 16.3 Å². The SMILES string of the molecule is COCCNCC1(c2ccc(Cl)cc2)CC(C)C1. The van der Waals surface area contributed by atoms with Gasteiger partial charge >= 0.3 is 0 Å². The molecule has 1 aliphatic rings. The molecular weight excluding hydrogens is 246 g/mol. The molecule has 1 saturated carbocycles. The van der Waals surface area contributed by atoms with E-state index in [1.807, 2.05) is 12.1 Å². The molecule has 0 saturated heterocycles. The van der Waals surface area contributed by atoms with Gasteiger partial charge in [0.25, 0.3) is 0 Å². The third kappa shape index (κ3) is 3.05. The summed E-state index contributed by atoms with van der Waals surface area (Å²) < 4.78 is 5.07. The summed E-state index contributed by atoms with van der Waals surface area (Å²) in [6, 6.07) is 8.34. The first kappa shape index (κ1) is 13.9. The second kappa shape index (κ2) is 6.05. The van der Waals surface area contributed by atoms with Crippen LogP contribution >= 0.6 is 11.6 Å². The van der Waals surface area contributed by atoms with Crippen LogP contribution in [0.1, 0.15) is 25.3 Å². The molecule has 1 aromatic rings. The zero-order chi connectivity index (χ0) is 13.0. The minimum absolute atomic E-state index is 0.303. The first-order chi connectivity index (χ1) is 8.66. The van der Waals surface area contributed by atoms with Gasteiger partial charge in [-0.25, -0.2) is 0 Å². The van der Waals surface area contributed by atoms with Crippen molar-refractivity contribution in [2.75, 3.05) is 26.8 Å². The highest BCUT2D eigenvalue weighted by atomic mass is 35.5. The summed E-state index contributed by atoms with van der Waals surface area (Å²) in [5, 5.41) is 4.32. The smallest absolute Gasteiger partial charge is 0.0587 e. The summed E-state index contributed by atoms with van der Waals surface area (Å²) in [6.45, 7) is 5.04. The number of hydrogen-bond donors (Lipinski definition) is 1. The van der Waals surface area contributed by atoms with Gasteiger partial charge in [-0.3, -0.25) is 0 Å². The molecule has 0 unspecified atom stereocenters. The molecule has 1 fully saturated rings. The highest BCUT2D eigenvalue weighted by Crippen LogP contribution is 2.47. The van der Waals surface area contributed by atoms with Crippen LogP contribution in [0, 0.1) is 5.92 Å². The van der Waals surface area contributed by atoms with Gasteiger partial charge in [-0.2, -0.15) is 0 Å². The molecule has 0 heterocycles. The van der Waals surface area contributed by atoms with E-state index in [0.29, 0.717) is 5.41 Å². The van der Waals surface area contributed by atoms with Gasteiger partial charge in [0, 0.05) is 30.6 Å². The zero-order valence-electron chi connectivity index (χ0n) is 11.2. The predicted molar refractivity (Wildman–Crippen MR) is 76.3 cm³/mol. The van der Waals surface area contributed by atoms with Crippen LogP contribution in [0.25, 0.3) is 0 Å². The van der Waals surface area contributed by atoms with E-state index in [0.717, 1.165) is 30.6 Å². The Bertz CT molecular complexity index is 371. The van der Waals surface area contributed by atoms with Crippen molar-refractivity contribution >= 4 is 11.6 Å². The van der Waals surface area contributed by atoms with Gasteiger partial charge in [0.1, 0.15) is 0 Å². The van der Waals surface area contributed by atoms with Crippen molar-refractivity contribution in [3.8, 4) is 0 Å². The zero-order valence-corrected chi connectivity index (χ0v) is 12.0. The Morgan fingerprint density at radius 3 is 2.56 bits per heavy atom. The lowest BCUT2D eigenvalue weighted by molar-refractivity contribution is 0.144. The van der Waals surface area contributed by atoms with Crippen molar-refractivity contribution in [3.05, 3.63) is 34.9 Å². The largest absolute Gasteiger partial charge is 0.383 e. The van der Waals surface area contributed by atoms with Crippen molar-refractivity contribution in [1.29, 1.82) is 0 Å². The quantitative estimate of drug-likeness (QED) is 0.799. The molecule has 0 spiro atoms. The van der Waals surface area contributed by atoms with E-state index < -0.39 is 0 Å². The van der Waals surface area contributed by atoms with Crippen molar-refractivity contribution in [2.45, 2.75) is 25.2 Å². The van der Waals surface area contributed by atoms with Gasteiger partial charge in [0.15, 0.2) is 0 Å². The number of methoxy groups -OCH3 is 1. The van der Waals surface area contributed by atoms with E-state index in [9.17, 15) is 0 Å². The maximum atomic E-state index is 5.97. The van der Waals surface area contributed by atoms with E-state index in [2.05, 4.69) is 24.4 Å². The topological polar surface area (TPSA) is 21.3 Å². The average molecular weight is 268 g/mol. The number of rotatable bonds is 6. The Kier molecular flexibility index (Phi) is 4.66. The average Bonchev–Trinajstić information content (AvgIpc) is 2.33. The normalized spacial score (nSPS) is 26.9. The van der Waals surface area contributed by atoms with Gasteiger partial charge < -0.3 is 10.1 Å². The fourth-order valence-corrected chi connectivity index (χ4v) is 3.19. The standard InChI is InChI=1S/C15H22ClNO/c1-12-9-15(10-12,11-17-7-8-18-2)13-3-5-14(16)6-4-13/h3-6,12,17H,7-11H2,1-2H3. The molecule has 1 aromatic carbocycles. The molecule has 3 heteroatoms. The lowest BCUT2D eigenvalue weighted by atomic mass is 9.59. The Hall–Kier alpha value is -0.570. The van der Waals surface area contributed by atoms with Crippen LogP contribution in [-0.2, 0) is 10.2 Å². The Labute approximate surface area is 115 Å². The van der Waals surface area contributed by atoms with Crippen molar-refractivity contribution in [3.63, 3.8) is 0 Å². The first-order valence-electron chi connectivity index (χ1n) is 6.62. The van der Waals surface area contributed by atoms with E-state index in [1.165, 1.54) is 18.4 Å². The molecule has 0 amide bonds. The predicted octanol–water partition coefficient (Wildman–Crippen LogP) is 3.24. The third-order valence-electron chi connectivity index (χ3n) is 3.88. The van der Waals surface area contributed by atoms with Crippen molar-refractivity contribution < 1.29 is 4.74 Å². The van der Waals surface area contributed by atoms with Crippen LogP contribution in [-0.4, -0.2) is 26.8 Å². The molecule has 0 radical (unpaired) electrons.